The van der Waals surface area contributed by atoms with Crippen molar-refractivity contribution in [1.29, 1.82) is 0 Å². The Morgan fingerprint density at radius 1 is 1.57 bits per heavy atom. The normalized spacial score (nSPS) is 34.1. The van der Waals surface area contributed by atoms with Crippen LogP contribution >= 0.6 is 0 Å². The lowest BCUT2D eigenvalue weighted by atomic mass is 9.68. The Balaban J connectivity index is 2.97. The summed E-state index contributed by atoms with van der Waals surface area (Å²) in [5.41, 5.74) is 0.164. The summed E-state index contributed by atoms with van der Waals surface area (Å²) in [5.74, 6) is 0.485. The van der Waals surface area contributed by atoms with Crippen LogP contribution in [0.1, 0.15) is 40.5 Å². The fourth-order valence-electron chi connectivity index (χ4n) is 2.00. The molecule has 0 aromatic rings. The monoisotopic (exact) mass is 198 g/mol. The zero-order chi connectivity index (χ0) is 11.0. The van der Waals surface area contributed by atoms with Gasteiger partial charge in [-0.2, -0.15) is 0 Å². The molecule has 0 radical (unpaired) electrons. The molecule has 0 heterocycles. The van der Waals surface area contributed by atoms with Gasteiger partial charge in [-0.15, -0.1) is 0 Å². The lowest BCUT2D eigenvalue weighted by Crippen LogP contribution is -2.35. The van der Waals surface area contributed by atoms with Crippen LogP contribution in [0, 0.1) is 11.3 Å². The van der Waals surface area contributed by atoms with Crippen LogP contribution in [0.3, 0.4) is 0 Å². The maximum atomic E-state index is 9.91. The van der Waals surface area contributed by atoms with Crippen molar-refractivity contribution >= 4 is 0 Å². The van der Waals surface area contributed by atoms with Crippen LogP contribution < -0.4 is 0 Å². The minimum atomic E-state index is -0.740. The van der Waals surface area contributed by atoms with Crippen molar-refractivity contribution in [2.45, 2.75) is 46.1 Å². The topological polar surface area (TPSA) is 40.5 Å². The summed E-state index contributed by atoms with van der Waals surface area (Å²) < 4.78 is 0. The predicted molar refractivity (Wildman–Crippen MR) is 58.0 cm³/mol. The molecule has 14 heavy (non-hydrogen) atoms. The largest absolute Gasteiger partial charge is 0.395 e. The number of aliphatic hydroxyl groups excluding tert-OH is 1. The van der Waals surface area contributed by atoms with Gasteiger partial charge in [0.15, 0.2) is 0 Å². The molecule has 0 amide bonds. The number of rotatable bonds is 2. The molecule has 1 rings (SSSR count). The lowest BCUT2D eigenvalue weighted by Gasteiger charge is -2.39. The zero-order valence-electron chi connectivity index (χ0n) is 9.67. The molecular weight excluding hydrogens is 176 g/mol. The fourth-order valence-corrected chi connectivity index (χ4v) is 2.00. The Labute approximate surface area is 86.6 Å². The summed E-state index contributed by atoms with van der Waals surface area (Å²) >= 11 is 0. The van der Waals surface area contributed by atoms with Crippen molar-refractivity contribution in [1.82, 2.24) is 0 Å². The Morgan fingerprint density at radius 2 is 2.14 bits per heavy atom. The van der Waals surface area contributed by atoms with Gasteiger partial charge in [0.25, 0.3) is 0 Å². The summed E-state index contributed by atoms with van der Waals surface area (Å²) in [6.45, 7) is 8.00. The first-order valence-corrected chi connectivity index (χ1v) is 5.35. The highest BCUT2D eigenvalue weighted by Crippen LogP contribution is 2.41. The van der Waals surface area contributed by atoms with E-state index < -0.39 is 5.60 Å². The average Bonchev–Trinajstić information content (AvgIpc) is 2.08. The van der Waals surface area contributed by atoms with E-state index in [-0.39, 0.29) is 12.0 Å². The van der Waals surface area contributed by atoms with Crippen molar-refractivity contribution < 1.29 is 10.2 Å². The third-order valence-electron chi connectivity index (χ3n) is 3.60. The smallest absolute Gasteiger partial charge is 0.0800 e. The van der Waals surface area contributed by atoms with Crippen molar-refractivity contribution in [3.05, 3.63) is 11.6 Å². The van der Waals surface area contributed by atoms with Gasteiger partial charge in [0.2, 0.25) is 0 Å². The molecule has 0 aliphatic heterocycles. The van der Waals surface area contributed by atoms with Crippen molar-refractivity contribution in [2.75, 3.05) is 6.61 Å². The summed E-state index contributed by atoms with van der Waals surface area (Å²) in [6, 6.07) is 0. The van der Waals surface area contributed by atoms with Gasteiger partial charge in [0.1, 0.15) is 0 Å². The maximum Gasteiger partial charge on any atom is 0.0800 e. The Morgan fingerprint density at radius 3 is 2.57 bits per heavy atom. The first-order chi connectivity index (χ1) is 6.29. The van der Waals surface area contributed by atoms with Crippen LogP contribution in [-0.4, -0.2) is 22.4 Å². The molecule has 2 atom stereocenters. The van der Waals surface area contributed by atoms with E-state index in [0.717, 1.165) is 18.4 Å². The van der Waals surface area contributed by atoms with E-state index >= 15 is 0 Å². The highest BCUT2D eigenvalue weighted by molar-refractivity contribution is 5.21. The lowest BCUT2D eigenvalue weighted by molar-refractivity contribution is 0.0844. The standard InChI is InChI=1S/C12H22O2/c1-9-5-6-10(11(2,3)14)7-12(9,4)8-13/h7,9,13-14H,5-6,8H2,1-4H3/t9-,12-/m1/s1. The van der Waals surface area contributed by atoms with E-state index in [9.17, 15) is 10.2 Å². The Hall–Kier alpha value is -0.340. The average molecular weight is 198 g/mol. The second-order valence-electron chi connectivity index (χ2n) is 5.33. The third kappa shape index (κ3) is 2.18. The van der Waals surface area contributed by atoms with Gasteiger partial charge >= 0.3 is 0 Å². The minimum Gasteiger partial charge on any atom is -0.395 e. The number of hydrogen-bond acceptors (Lipinski definition) is 2. The Kier molecular flexibility index (Phi) is 3.07. The van der Waals surface area contributed by atoms with Crippen LogP contribution in [0.5, 0.6) is 0 Å². The predicted octanol–water partition coefficient (Wildman–Crippen LogP) is 2.11. The van der Waals surface area contributed by atoms with Gasteiger partial charge in [0, 0.05) is 5.41 Å². The molecule has 82 valence electrons. The molecule has 0 unspecified atom stereocenters. The SMILES string of the molecule is C[C@@H]1CCC(C(C)(C)O)=C[C@]1(C)CO. The van der Waals surface area contributed by atoms with Crippen LogP contribution in [0.25, 0.3) is 0 Å². The van der Waals surface area contributed by atoms with E-state index in [1.165, 1.54) is 0 Å². The molecule has 2 nitrogen and oxygen atoms in total. The van der Waals surface area contributed by atoms with E-state index in [4.69, 9.17) is 0 Å². The summed E-state index contributed by atoms with van der Waals surface area (Å²) in [7, 11) is 0. The summed E-state index contributed by atoms with van der Waals surface area (Å²) in [5, 5.41) is 19.3. The van der Waals surface area contributed by atoms with Crippen molar-refractivity contribution in [3.63, 3.8) is 0 Å². The van der Waals surface area contributed by atoms with Crippen molar-refractivity contribution in [2.24, 2.45) is 11.3 Å². The first kappa shape index (κ1) is 11.7. The molecule has 2 heteroatoms. The van der Waals surface area contributed by atoms with Crippen LogP contribution in [-0.2, 0) is 0 Å². The van der Waals surface area contributed by atoms with Crippen LogP contribution in [0.15, 0.2) is 11.6 Å². The zero-order valence-corrected chi connectivity index (χ0v) is 9.67. The molecule has 0 saturated carbocycles. The van der Waals surface area contributed by atoms with Gasteiger partial charge < -0.3 is 10.2 Å². The molecule has 0 fully saturated rings. The van der Waals surface area contributed by atoms with Crippen LogP contribution in [0.4, 0.5) is 0 Å². The first-order valence-electron chi connectivity index (χ1n) is 5.35. The van der Waals surface area contributed by atoms with Gasteiger partial charge in [-0.1, -0.05) is 19.9 Å². The van der Waals surface area contributed by atoms with Gasteiger partial charge in [0.05, 0.1) is 12.2 Å². The molecule has 2 N–H and O–H groups in total. The van der Waals surface area contributed by atoms with Gasteiger partial charge in [-0.05, 0) is 38.2 Å². The molecular formula is C12H22O2. The molecule has 0 aromatic carbocycles. The van der Waals surface area contributed by atoms with E-state index in [2.05, 4.69) is 19.9 Å². The van der Waals surface area contributed by atoms with E-state index in [1.54, 1.807) is 0 Å². The molecule has 0 spiro atoms. The highest BCUT2D eigenvalue weighted by Gasteiger charge is 2.35. The molecule has 1 aliphatic rings. The quantitative estimate of drug-likeness (QED) is 0.667. The van der Waals surface area contributed by atoms with Crippen molar-refractivity contribution in [3.8, 4) is 0 Å². The molecule has 0 bridgehead atoms. The van der Waals surface area contributed by atoms with Gasteiger partial charge in [-0.3, -0.25) is 0 Å². The fraction of sp³-hybridized carbons (Fsp3) is 0.833. The number of aliphatic hydroxyl groups is 2. The van der Waals surface area contributed by atoms with E-state index in [0.29, 0.717) is 5.92 Å². The second-order valence-corrected chi connectivity index (χ2v) is 5.33. The highest BCUT2D eigenvalue weighted by atomic mass is 16.3. The minimum absolute atomic E-state index is 0.159. The summed E-state index contributed by atoms with van der Waals surface area (Å²) in [6.07, 6.45) is 4.06. The van der Waals surface area contributed by atoms with Gasteiger partial charge in [-0.25, -0.2) is 0 Å². The molecule has 1 aliphatic carbocycles. The third-order valence-corrected chi connectivity index (χ3v) is 3.60. The van der Waals surface area contributed by atoms with Crippen LogP contribution in [0.2, 0.25) is 0 Å². The summed E-state index contributed by atoms with van der Waals surface area (Å²) in [4.78, 5) is 0. The number of hydrogen-bond donors (Lipinski definition) is 2. The molecule has 0 saturated heterocycles. The molecule has 0 aromatic heterocycles. The second kappa shape index (κ2) is 3.67. The van der Waals surface area contributed by atoms with E-state index in [1.807, 2.05) is 13.8 Å². The maximum absolute atomic E-state index is 9.91. The Bertz CT molecular complexity index is 237.